The minimum atomic E-state index is -0.322. The number of rotatable bonds is 7. The Hall–Kier alpha value is -2.28. The van der Waals surface area contributed by atoms with Gasteiger partial charge in [0.05, 0.1) is 6.04 Å². The van der Waals surface area contributed by atoms with Crippen LogP contribution in [0.4, 0.5) is 0 Å². The first-order valence-corrected chi connectivity index (χ1v) is 7.06. The monoisotopic (exact) mass is 288 g/mol. The third kappa shape index (κ3) is 3.85. The second-order valence-corrected chi connectivity index (χ2v) is 4.59. The standard InChI is InChI=1S/C14H20N6O/c1-3-20(4-2)12(11-8-6-5-7-9-11)10-15-14(21)13-16-18-19-17-13/h5-9,12H,3-4,10H2,1-2H3,(H,15,21)(H,16,17,18,19). The lowest BCUT2D eigenvalue weighted by molar-refractivity contribution is 0.0924. The fourth-order valence-corrected chi connectivity index (χ4v) is 2.32. The Balaban J connectivity index is 2.08. The highest BCUT2D eigenvalue weighted by atomic mass is 16.2. The van der Waals surface area contributed by atoms with E-state index in [0.29, 0.717) is 6.54 Å². The molecule has 2 aromatic rings. The molecule has 21 heavy (non-hydrogen) atoms. The van der Waals surface area contributed by atoms with Gasteiger partial charge in [0.15, 0.2) is 0 Å². The van der Waals surface area contributed by atoms with Crippen molar-refractivity contribution in [3.63, 3.8) is 0 Å². The highest BCUT2D eigenvalue weighted by Gasteiger charge is 2.20. The summed E-state index contributed by atoms with van der Waals surface area (Å²) in [6.45, 7) is 6.54. The molecule has 0 fully saturated rings. The summed E-state index contributed by atoms with van der Waals surface area (Å²) in [5, 5.41) is 15.9. The fourth-order valence-electron chi connectivity index (χ4n) is 2.32. The maximum Gasteiger partial charge on any atom is 0.292 e. The van der Waals surface area contributed by atoms with E-state index in [1.807, 2.05) is 18.2 Å². The molecule has 7 heteroatoms. The number of tetrazole rings is 1. The molecule has 0 aliphatic carbocycles. The molecule has 1 aromatic heterocycles. The van der Waals surface area contributed by atoms with E-state index in [2.05, 4.69) is 56.8 Å². The molecule has 1 atom stereocenters. The van der Waals surface area contributed by atoms with Crippen LogP contribution in [0.3, 0.4) is 0 Å². The summed E-state index contributed by atoms with van der Waals surface area (Å²) in [6.07, 6.45) is 0. The maximum absolute atomic E-state index is 11.9. The lowest BCUT2D eigenvalue weighted by atomic mass is 10.1. The first-order chi connectivity index (χ1) is 10.3. The zero-order valence-corrected chi connectivity index (χ0v) is 12.3. The molecule has 2 N–H and O–H groups in total. The smallest absolute Gasteiger partial charge is 0.292 e. The number of hydrogen-bond donors (Lipinski definition) is 2. The average Bonchev–Trinajstić information content (AvgIpc) is 3.06. The van der Waals surface area contributed by atoms with Gasteiger partial charge in [-0.2, -0.15) is 5.21 Å². The summed E-state index contributed by atoms with van der Waals surface area (Å²) in [4.78, 5) is 14.2. The molecule has 1 aromatic carbocycles. The van der Waals surface area contributed by atoms with Crippen molar-refractivity contribution in [2.45, 2.75) is 19.9 Å². The van der Waals surface area contributed by atoms with Gasteiger partial charge < -0.3 is 5.32 Å². The van der Waals surface area contributed by atoms with Crippen LogP contribution in [0.25, 0.3) is 0 Å². The van der Waals surface area contributed by atoms with Crippen LogP contribution in [-0.4, -0.2) is 51.1 Å². The predicted molar refractivity (Wildman–Crippen MR) is 78.6 cm³/mol. The molecule has 1 heterocycles. The zero-order valence-electron chi connectivity index (χ0n) is 12.3. The molecule has 0 aliphatic rings. The number of nitrogens with zero attached hydrogens (tertiary/aromatic N) is 4. The minimum Gasteiger partial charge on any atom is -0.347 e. The molecule has 0 saturated heterocycles. The van der Waals surface area contributed by atoms with Crippen molar-refractivity contribution in [2.24, 2.45) is 0 Å². The molecular formula is C14H20N6O. The molecule has 7 nitrogen and oxygen atoms in total. The molecule has 0 aliphatic heterocycles. The normalized spacial score (nSPS) is 12.3. The number of nitrogens with one attached hydrogen (secondary N) is 2. The second-order valence-electron chi connectivity index (χ2n) is 4.59. The van der Waals surface area contributed by atoms with E-state index in [1.54, 1.807) is 0 Å². The van der Waals surface area contributed by atoms with Crippen molar-refractivity contribution in [1.82, 2.24) is 30.8 Å². The molecular weight excluding hydrogens is 268 g/mol. The van der Waals surface area contributed by atoms with Crippen LogP contribution in [-0.2, 0) is 0 Å². The Morgan fingerprint density at radius 1 is 1.29 bits per heavy atom. The van der Waals surface area contributed by atoms with Gasteiger partial charge in [-0.3, -0.25) is 9.69 Å². The van der Waals surface area contributed by atoms with Crippen molar-refractivity contribution in [2.75, 3.05) is 19.6 Å². The summed E-state index contributed by atoms with van der Waals surface area (Å²) < 4.78 is 0. The summed E-state index contributed by atoms with van der Waals surface area (Å²) in [5.41, 5.74) is 1.18. The Morgan fingerprint density at radius 2 is 2.00 bits per heavy atom. The third-order valence-corrected chi connectivity index (χ3v) is 3.44. The predicted octanol–water partition coefficient (Wildman–Crippen LogP) is 1.01. The zero-order chi connectivity index (χ0) is 15.1. The Morgan fingerprint density at radius 3 is 2.57 bits per heavy atom. The molecule has 0 saturated carbocycles. The lowest BCUT2D eigenvalue weighted by Crippen LogP contribution is -2.38. The molecule has 1 unspecified atom stereocenters. The molecule has 2 rings (SSSR count). The summed E-state index contributed by atoms with van der Waals surface area (Å²) in [7, 11) is 0. The van der Waals surface area contributed by atoms with E-state index in [4.69, 9.17) is 0 Å². The quantitative estimate of drug-likeness (QED) is 0.794. The summed E-state index contributed by atoms with van der Waals surface area (Å²) in [5.74, 6) is -0.266. The van der Waals surface area contributed by atoms with E-state index < -0.39 is 0 Å². The number of carbonyl (C=O) groups is 1. The van der Waals surface area contributed by atoms with Crippen LogP contribution in [0.2, 0.25) is 0 Å². The Bertz CT molecular complexity index is 538. The van der Waals surface area contributed by atoms with Crippen molar-refractivity contribution in [3.05, 3.63) is 41.7 Å². The van der Waals surface area contributed by atoms with Crippen molar-refractivity contribution in [3.8, 4) is 0 Å². The molecule has 0 spiro atoms. The van der Waals surface area contributed by atoms with Crippen LogP contribution in [0.5, 0.6) is 0 Å². The number of benzene rings is 1. The fraction of sp³-hybridized carbons (Fsp3) is 0.429. The SMILES string of the molecule is CCN(CC)C(CNC(=O)c1nn[nH]n1)c1ccccc1. The number of carbonyl (C=O) groups excluding carboxylic acids is 1. The van der Waals surface area contributed by atoms with Gasteiger partial charge in [0.2, 0.25) is 0 Å². The van der Waals surface area contributed by atoms with E-state index in [1.165, 1.54) is 5.56 Å². The van der Waals surface area contributed by atoms with Crippen LogP contribution in [0.15, 0.2) is 30.3 Å². The molecule has 0 bridgehead atoms. The molecule has 0 radical (unpaired) electrons. The van der Waals surface area contributed by atoms with E-state index >= 15 is 0 Å². The van der Waals surface area contributed by atoms with Gasteiger partial charge in [0.25, 0.3) is 11.7 Å². The summed E-state index contributed by atoms with van der Waals surface area (Å²) in [6, 6.07) is 10.3. The van der Waals surface area contributed by atoms with Gasteiger partial charge >= 0.3 is 0 Å². The number of likely N-dealkylation sites (N-methyl/N-ethyl adjacent to an activating group) is 1. The first-order valence-electron chi connectivity index (χ1n) is 7.06. The minimum absolute atomic E-state index is 0.0568. The largest absolute Gasteiger partial charge is 0.347 e. The third-order valence-electron chi connectivity index (χ3n) is 3.44. The van der Waals surface area contributed by atoms with E-state index in [9.17, 15) is 4.79 Å². The van der Waals surface area contributed by atoms with Crippen LogP contribution in [0, 0.1) is 0 Å². The number of aromatic amines is 1. The number of hydrogen-bond acceptors (Lipinski definition) is 5. The first kappa shape index (κ1) is 15.1. The highest BCUT2D eigenvalue weighted by molar-refractivity contribution is 5.90. The second kappa shape index (κ2) is 7.49. The Labute approximate surface area is 123 Å². The van der Waals surface area contributed by atoms with Gasteiger partial charge in [-0.05, 0) is 23.9 Å². The van der Waals surface area contributed by atoms with Crippen LogP contribution >= 0.6 is 0 Å². The average molecular weight is 288 g/mol. The van der Waals surface area contributed by atoms with Gasteiger partial charge in [0.1, 0.15) is 0 Å². The molecule has 112 valence electrons. The maximum atomic E-state index is 11.9. The Kier molecular flexibility index (Phi) is 5.39. The highest BCUT2D eigenvalue weighted by Crippen LogP contribution is 2.19. The van der Waals surface area contributed by atoms with Crippen LogP contribution < -0.4 is 5.32 Å². The van der Waals surface area contributed by atoms with Gasteiger partial charge in [-0.15, -0.1) is 10.2 Å². The molecule has 1 amide bonds. The number of aromatic nitrogens is 4. The van der Waals surface area contributed by atoms with Gasteiger partial charge in [-0.25, -0.2) is 0 Å². The number of H-pyrrole nitrogens is 1. The lowest BCUT2D eigenvalue weighted by Gasteiger charge is -2.30. The van der Waals surface area contributed by atoms with Crippen LogP contribution in [0.1, 0.15) is 36.1 Å². The van der Waals surface area contributed by atoms with Crippen molar-refractivity contribution in [1.29, 1.82) is 0 Å². The van der Waals surface area contributed by atoms with Crippen molar-refractivity contribution >= 4 is 5.91 Å². The van der Waals surface area contributed by atoms with E-state index in [0.717, 1.165) is 13.1 Å². The topological polar surface area (TPSA) is 86.8 Å². The van der Waals surface area contributed by atoms with Crippen molar-refractivity contribution < 1.29 is 4.79 Å². The van der Waals surface area contributed by atoms with Gasteiger partial charge in [-0.1, -0.05) is 44.2 Å². The summed E-state index contributed by atoms with van der Waals surface area (Å²) >= 11 is 0. The van der Waals surface area contributed by atoms with E-state index in [-0.39, 0.29) is 17.8 Å². The van der Waals surface area contributed by atoms with Gasteiger partial charge in [0, 0.05) is 6.54 Å². The number of amides is 1.